The zero-order chi connectivity index (χ0) is 28.5. The maximum atomic E-state index is 13.0. The summed E-state index contributed by atoms with van der Waals surface area (Å²) in [5.74, 6) is -1.89. The van der Waals surface area contributed by atoms with Gasteiger partial charge in [0.25, 0.3) is 0 Å². The number of anilines is 3. The third-order valence-corrected chi connectivity index (χ3v) is 6.55. The second-order valence-corrected chi connectivity index (χ2v) is 9.66. The second kappa shape index (κ2) is 13.2. The van der Waals surface area contributed by atoms with E-state index < -0.39 is 17.9 Å². The summed E-state index contributed by atoms with van der Waals surface area (Å²) in [5.41, 5.74) is 5.71. The highest BCUT2D eigenvalue weighted by Crippen LogP contribution is 2.16. The molecule has 0 aliphatic heterocycles. The summed E-state index contributed by atoms with van der Waals surface area (Å²) in [6, 6.07) is 18.7. The minimum atomic E-state index is -1.07. The van der Waals surface area contributed by atoms with Gasteiger partial charge in [-0.05, 0) is 60.5 Å². The van der Waals surface area contributed by atoms with Gasteiger partial charge in [0.1, 0.15) is 6.04 Å². The van der Waals surface area contributed by atoms with E-state index in [1.165, 1.54) is 35.6 Å². The van der Waals surface area contributed by atoms with Crippen LogP contribution < -0.4 is 21.3 Å². The Morgan fingerprint density at radius 2 is 1.55 bits per heavy atom. The van der Waals surface area contributed by atoms with Crippen LogP contribution in [0.4, 0.5) is 21.9 Å². The van der Waals surface area contributed by atoms with Crippen LogP contribution in [0.15, 0.2) is 83.7 Å². The summed E-state index contributed by atoms with van der Waals surface area (Å²) in [6.07, 6.45) is 0.205. The normalized spacial score (nSPS) is 11.2. The Morgan fingerprint density at radius 3 is 2.20 bits per heavy atom. The molecule has 1 unspecified atom stereocenters. The lowest BCUT2D eigenvalue weighted by atomic mass is 10.1. The number of thiazole rings is 1. The molecule has 0 saturated carbocycles. The second-order valence-electron chi connectivity index (χ2n) is 8.94. The first-order chi connectivity index (χ1) is 19.3. The van der Waals surface area contributed by atoms with E-state index in [1.54, 1.807) is 35.2 Å². The van der Waals surface area contributed by atoms with Gasteiger partial charge in [0, 0.05) is 28.9 Å². The number of carboxylic acids is 1. The van der Waals surface area contributed by atoms with Crippen LogP contribution in [0.2, 0.25) is 0 Å². The molecule has 0 radical (unpaired) electrons. The minimum Gasteiger partial charge on any atom is -0.478 e. The van der Waals surface area contributed by atoms with Crippen molar-refractivity contribution in [3.63, 3.8) is 0 Å². The molecule has 1 aromatic heterocycles. The first kappa shape index (κ1) is 28.0. The zero-order valence-electron chi connectivity index (χ0n) is 21.5. The fourth-order valence-electron chi connectivity index (χ4n) is 3.82. The number of benzene rings is 3. The maximum Gasteiger partial charge on any atom is 0.335 e. The number of hydrogen-bond acceptors (Lipinski definition) is 6. The number of nitrogens with one attached hydrogen (secondary N) is 4. The molecule has 4 rings (SSSR count). The number of urea groups is 1. The van der Waals surface area contributed by atoms with Gasteiger partial charge in [0.2, 0.25) is 11.8 Å². The van der Waals surface area contributed by atoms with Crippen molar-refractivity contribution in [1.29, 1.82) is 0 Å². The first-order valence-electron chi connectivity index (χ1n) is 12.3. The molecule has 0 saturated heterocycles. The monoisotopic (exact) mass is 557 g/mol. The third kappa shape index (κ3) is 7.98. The number of aromatic carboxylic acids is 1. The lowest BCUT2D eigenvalue weighted by Gasteiger charge is -2.18. The van der Waals surface area contributed by atoms with E-state index in [4.69, 9.17) is 5.11 Å². The van der Waals surface area contributed by atoms with Crippen LogP contribution in [0.5, 0.6) is 0 Å². The average molecular weight is 558 g/mol. The number of amides is 4. The average Bonchev–Trinajstić information content (AvgIpc) is 3.44. The number of carbonyl (C=O) groups excluding carboxylic acids is 3. The molecular weight excluding hydrogens is 530 g/mol. The summed E-state index contributed by atoms with van der Waals surface area (Å²) in [7, 11) is 0. The number of para-hydroxylation sites is 1. The first-order valence-corrected chi connectivity index (χ1v) is 13.2. The number of carbonyl (C=O) groups is 4. The molecule has 0 aliphatic carbocycles. The lowest BCUT2D eigenvalue weighted by molar-refractivity contribution is -0.126. The largest absolute Gasteiger partial charge is 0.478 e. The molecule has 4 amide bonds. The van der Waals surface area contributed by atoms with Crippen LogP contribution >= 0.6 is 11.3 Å². The van der Waals surface area contributed by atoms with Crippen molar-refractivity contribution in [1.82, 2.24) is 10.3 Å². The van der Waals surface area contributed by atoms with Crippen molar-refractivity contribution in [2.45, 2.75) is 25.8 Å². The molecule has 3 aromatic carbocycles. The SMILES string of the molecule is Cc1ccccc1NC(=O)Nc1ccc(CC(=O)NC(Cc2cscn2)C(=O)Nc2ccc(C(=O)O)cc2)cc1. The van der Waals surface area contributed by atoms with Gasteiger partial charge in [-0.3, -0.25) is 9.59 Å². The number of carboxylic acid groups (broad SMARTS) is 1. The predicted octanol–water partition coefficient (Wildman–Crippen LogP) is 4.70. The van der Waals surface area contributed by atoms with Crippen molar-refractivity contribution in [2.24, 2.45) is 0 Å². The smallest absolute Gasteiger partial charge is 0.335 e. The number of hydrogen-bond donors (Lipinski definition) is 5. The van der Waals surface area contributed by atoms with E-state index in [-0.39, 0.29) is 30.3 Å². The van der Waals surface area contributed by atoms with Crippen LogP contribution in [-0.2, 0) is 22.4 Å². The van der Waals surface area contributed by atoms with Gasteiger partial charge in [-0.15, -0.1) is 11.3 Å². The molecule has 10 nitrogen and oxygen atoms in total. The van der Waals surface area contributed by atoms with Crippen LogP contribution in [0.1, 0.15) is 27.2 Å². The molecule has 4 aromatic rings. The highest BCUT2D eigenvalue weighted by Gasteiger charge is 2.22. The van der Waals surface area contributed by atoms with Crippen molar-refractivity contribution in [3.05, 3.63) is 106 Å². The third-order valence-electron chi connectivity index (χ3n) is 5.92. The van der Waals surface area contributed by atoms with Crippen molar-refractivity contribution in [3.8, 4) is 0 Å². The molecule has 204 valence electrons. The Bertz CT molecular complexity index is 1490. The zero-order valence-corrected chi connectivity index (χ0v) is 22.3. The fourth-order valence-corrected chi connectivity index (χ4v) is 4.39. The van der Waals surface area contributed by atoms with Crippen molar-refractivity contribution >= 4 is 52.2 Å². The van der Waals surface area contributed by atoms with Gasteiger partial charge in [-0.2, -0.15) is 0 Å². The summed E-state index contributed by atoms with van der Waals surface area (Å²) in [5, 5.41) is 21.9. The van der Waals surface area contributed by atoms with E-state index in [0.29, 0.717) is 28.3 Å². The number of aromatic nitrogens is 1. The standard InChI is InChI=1S/C29H27N5O5S/c1-18-4-2-3-5-24(18)34-29(39)32-22-10-6-19(7-11-22)14-26(35)33-25(15-23-16-40-17-30-23)27(36)31-21-12-8-20(9-13-21)28(37)38/h2-13,16-17,25H,14-15H2,1H3,(H,31,36)(H,33,35)(H,37,38)(H2,32,34,39). The molecule has 0 fully saturated rings. The molecule has 0 aliphatic rings. The van der Waals surface area contributed by atoms with E-state index in [0.717, 1.165) is 5.56 Å². The summed E-state index contributed by atoms with van der Waals surface area (Å²) in [6.45, 7) is 1.90. The molecular formula is C29H27N5O5S. The van der Waals surface area contributed by atoms with Crippen LogP contribution in [0.25, 0.3) is 0 Å². The van der Waals surface area contributed by atoms with Gasteiger partial charge in [-0.1, -0.05) is 30.3 Å². The number of aryl methyl sites for hydroxylation is 1. The summed E-state index contributed by atoms with van der Waals surface area (Å²) in [4.78, 5) is 53.5. The molecule has 40 heavy (non-hydrogen) atoms. The molecule has 5 N–H and O–H groups in total. The van der Waals surface area contributed by atoms with E-state index >= 15 is 0 Å². The molecule has 0 spiro atoms. The summed E-state index contributed by atoms with van der Waals surface area (Å²) < 4.78 is 0. The number of nitrogens with zero attached hydrogens (tertiary/aromatic N) is 1. The Hall–Kier alpha value is -5.03. The van der Waals surface area contributed by atoms with Crippen LogP contribution in [0.3, 0.4) is 0 Å². The summed E-state index contributed by atoms with van der Waals surface area (Å²) >= 11 is 1.38. The van der Waals surface area contributed by atoms with Crippen LogP contribution in [0, 0.1) is 6.92 Å². The Kier molecular flexibility index (Phi) is 9.21. The Labute approximate surface area is 234 Å². The lowest BCUT2D eigenvalue weighted by Crippen LogP contribution is -2.45. The topological polar surface area (TPSA) is 150 Å². The van der Waals surface area contributed by atoms with Crippen molar-refractivity contribution in [2.75, 3.05) is 16.0 Å². The number of rotatable bonds is 10. The quantitative estimate of drug-likeness (QED) is 0.191. The molecule has 11 heteroatoms. The van der Waals surface area contributed by atoms with Gasteiger partial charge < -0.3 is 26.4 Å². The van der Waals surface area contributed by atoms with Crippen molar-refractivity contribution < 1.29 is 24.3 Å². The Balaban J connectivity index is 1.35. The van der Waals surface area contributed by atoms with E-state index in [9.17, 15) is 19.2 Å². The highest BCUT2D eigenvalue weighted by molar-refractivity contribution is 7.07. The molecule has 0 bridgehead atoms. The van der Waals surface area contributed by atoms with Crippen LogP contribution in [-0.4, -0.2) is 39.9 Å². The van der Waals surface area contributed by atoms with Gasteiger partial charge >= 0.3 is 12.0 Å². The molecule has 1 heterocycles. The van der Waals surface area contributed by atoms with E-state index in [1.807, 2.05) is 31.2 Å². The van der Waals surface area contributed by atoms with Gasteiger partial charge in [0.05, 0.1) is 23.2 Å². The maximum absolute atomic E-state index is 13.0. The predicted molar refractivity (Wildman–Crippen MR) is 154 cm³/mol. The fraction of sp³-hybridized carbons (Fsp3) is 0.138. The Morgan fingerprint density at radius 1 is 0.875 bits per heavy atom. The molecule has 1 atom stereocenters. The van der Waals surface area contributed by atoms with Gasteiger partial charge in [0.15, 0.2) is 0 Å². The van der Waals surface area contributed by atoms with Gasteiger partial charge in [-0.25, -0.2) is 14.6 Å². The highest BCUT2D eigenvalue weighted by atomic mass is 32.1. The minimum absolute atomic E-state index is 0.0177. The van der Waals surface area contributed by atoms with E-state index in [2.05, 4.69) is 26.3 Å².